The summed E-state index contributed by atoms with van der Waals surface area (Å²) in [5.74, 6) is 2.04. The molecule has 0 aromatic heterocycles. The van der Waals surface area contributed by atoms with Crippen LogP contribution in [-0.4, -0.2) is 18.8 Å². The summed E-state index contributed by atoms with van der Waals surface area (Å²) in [5.41, 5.74) is -0.0956. The molecular weight excluding hydrogens is 271 g/mol. The van der Waals surface area contributed by atoms with E-state index in [0.29, 0.717) is 17.2 Å². The van der Waals surface area contributed by atoms with Crippen molar-refractivity contribution in [3.8, 4) is 0 Å². The molecule has 19 heavy (non-hydrogen) atoms. The summed E-state index contributed by atoms with van der Waals surface area (Å²) in [5, 5.41) is 3.29. The Morgan fingerprint density at radius 2 is 1.84 bits per heavy atom. The maximum atomic E-state index is 12.8. The van der Waals surface area contributed by atoms with Gasteiger partial charge in [0.2, 0.25) is 0 Å². The van der Waals surface area contributed by atoms with E-state index in [1.54, 1.807) is 23.9 Å². The zero-order valence-corrected chi connectivity index (χ0v) is 11.5. The maximum absolute atomic E-state index is 12.8. The van der Waals surface area contributed by atoms with Crippen molar-refractivity contribution in [1.29, 1.82) is 0 Å². The molecule has 0 spiro atoms. The van der Waals surface area contributed by atoms with E-state index in [0.717, 1.165) is 31.7 Å². The lowest BCUT2D eigenvalue weighted by atomic mass is 10.0. The Bertz CT molecular complexity index is 400. The summed E-state index contributed by atoms with van der Waals surface area (Å²) >= 11 is 1.62. The van der Waals surface area contributed by atoms with Gasteiger partial charge in [0.05, 0.1) is 5.56 Å². The summed E-state index contributed by atoms with van der Waals surface area (Å²) in [7, 11) is 0. The Balaban J connectivity index is 1.88. The second-order valence-electron chi connectivity index (χ2n) is 4.86. The zero-order chi connectivity index (χ0) is 13.7. The van der Waals surface area contributed by atoms with Gasteiger partial charge in [-0.2, -0.15) is 24.9 Å². The van der Waals surface area contributed by atoms with Crippen molar-refractivity contribution in [1.82, 2.24) is 5.32 Å². The standard InChI is InChI=1S/C14H18F3NS/c15-14(16,17)13-4-2-1-3-12(13)10-19-9-11-5-7-18-8-6-11/h1-4,11,18H,5-10H2. The van der Waals surface area contributed by atoms with Gasteiger partial charge in [-0.15, -0.1) is 0 Å². The molecule has 0 bridgehead atoms. The first kappa shape index (κ1) is 14.7. The van der Waals surface area contributed by atoms with E-state index in [1.807, 2.05) is 0 Å². The van der Waals surface area contributed by atoms with E-state index in [9.17, 15) is 13.2 Å². The predicted molar refractivity (Wildman–Crippen MR) is 73.2 cm³/mol. The van der Waals surface area contributed by atoms with Crippen LogP contribution in [0.25, 0.3) is 0 Å². The maximum Gasteiger partial charge on any atom is 0.416 e. The molecule has 1 aromatic rings. The van der Waals surface area contributed by atoms with Gasteiger partial charge in [0, 0.05) is 5.75 Å². The van der Waals surface area contributed by atoms with Gasteiger partial charge in [-0.25, -0.2) is 0 Å². The van der Waals surface area contributed by atoms with Gasteiger partial charge in [0.1, 0.15) is 0 Å². The van der Waals surface area contributed by atoms with Crippen LogP contribution in [0.1, 0.15) is 24.0 Å². The number of halogens is 3. The number of benzene rings is 1. The van der Waals surface area contributed by atoms with Crippen LogP contribution in [0.4, 0.5) is 13.2 Å². The van der Waals surface area contributed by atoms with Crippen LogP contribution in [-0.2, 0) is 11.9 Å². The van der Waals surface area contributed by atoms with Gasteiger partial charge in [0.25, 0.3) is 0 Å². The molecule has 1 aromatic carbocycles. The molecule has 1 nitrogen and oxygen atoms in total. The second-order valence-corrected chi connectivity index (χ2v) is 5.89. The summed E-state index contributed by atoms with van der Waals surface area (Å²) < 4.78 is 38.4. The van der Waals surface area contributed by atoms with Crippen LogP contribution in [0.3, 0.4) is 0 Å². The van der Waals surface area contributed by atoms with E-state index in [1.165, 1.54) is 12.1 Å². The van der Waals surface area contributed by atoms with Gasteiger partial charge >= 0.3 is 6.18 Å². The number of alkyl halides is 3. The number of hydrogen-bond donors (Lipinski definition) is 1. The normalized spacial score (nSPS) is 17.6. The van der Waals surface area contributed by atoms with Crippen LogP contribution in [0.5, 0.6) is 0 Å². The highest BCUT2D eigenvalue weighted by atomic mass is 32.2. The summed E-state index contributed by atoms with van der Waals surface area (Å²) in [6, 6.07) is 5.87. The largest absolute Gasteiger partial charge is 0.416 e. The molecule has 1 N–H and O–H groups in total. The number of piperidine rings is 1. The van der Waals surface area contributed by atoms with Gasteiger partial charge in [0.15, 0.2) is 0 Å². The molecule has 0 saturated carbocycles. The van der Waals surface area contributed by atoms with E-state index in [4.69, 9.17) is 0 Å². The SMILES string of the molecule is FC(F)(F)c1ccccc1CSCC1CCNCC1. The highest BCUT2D eigenvalue weighted by molar-refractivity contribution is 7.98. The summed E-state index contributed by atoms with van der Waals surface area (Å²) in [6.07, 6.45) is -1.98. The van der Waals surface area contributed by atoms with E-state index in [2.05, 4.69) is 5.32 Å². The lowest BCUT2D eigenvalue weighted by molar-refractivity contribution is -0.138. The third kappa shape index (κ3) is 4.42. The first-order valence-electron chi connectivity index (χ1n) is 6.51. The van der Waals surface area contributed by atoms with Crippen molar-refractivity contribution in [2.75, 3.05) is 18.8 Å². The Morgan fingerprint density at radius 1 is 1.16 bits per heavy atom. The monoisotopic (exact) mass is 289 g/mol. The molecule has 0 atom stereocenters. The predicted octanol–water partition coefficient (Wildman–Crippen LogP) is 3.94. The fourth-order valence-corrected chi connectivity index (χ4v) is 3.56. The smallest absolute Gasteiger partial charge is 0.317 e. The van der Waals surface area contributed by atoms with Crippen molar-refractivity contribution < 1.29 is 13.2 Å². The quantitative estimate of drug-likeness (QED) is 0.901. The molecule has 1 fully saturated rings. The van der Waals surface area contributed by atoms with Gasteiger partial charge in [-0.05, 0) is 49.2 Å². The third-order valence-corrected chi connectivity index (χ3v) is 4.61. The minimum atomic E-state index is -4.24. The van der Waals surface area contributed by atoms with E-state index in [-0.39, 0.29) is 0 Å². The fourth-order valence-electron chi connectivity index (χ4n) is 2.31. The number of hydrogen-bond acceptors (Lipinski definition) is 2. The van der Waals surface area contributed by atoms with Crippen LogP contribution in [0.2, 0.25) is 0 Å². The fraction of sp³-hybridized carbons (Fsp3) is 0.571. The van der Waals surface area contributed by atoms with E-state index < -0.39 is 11.7 Å². The Morgan fingerprint density at radius 3 is 2.53 bits per heavy atom. The number of rotatable bonds is 4. The Labute approximate surface area is 116 Å². The molecular formula is C14H18F3NS. The molecule has 1 aliphatic heterocycles. The van der Waals surface area contributed by atoms with Gasteiger partial charge in [-0.3, -0.25) is 0 Å². The average Bonchev–Trinajstić information content (AvgIpc) is 2.39. The minimum absolute atomic E-state index is 0.397. The second kappa shape index (κ2) is 6.66. The zero-order valence-electron chi connectivity index (χ0n) is 10.7. The van der Waals surface area contributed by atoms with Crippen molar-refractivity contribution in [3.05, 3.63) is 35.4 Å². The van der Waals surface area contributed by atoms with Crippen LogP contribution in [0, 0.1) is 5.92 Å². The topological polar surface area (TPSA) is 12.0 Å². The number of thioether (sulfide) groups is 1. The molecule has 5 heteroatoms. The summed E-state index contributed by atoms with van der Waals surface area (Å²) in [4.78, 5) is 0. The van der Waals surface area contributed by atoms with Crippen molar-refractivity contribution in [3.63, 3.8) is 0 Å². The Hall–Kier alpha value is -0.680. The van der Waals surface area contributed by atoms with Crippen molar-refractivity contribution >= 4 is 11.8 Å². The molecule has 0 aliphatic carbocycles. The molecule has 1 saturated heterocycles. The van der Waals surface area contributed by atoms with Crippen molar-refractivity contribution in [2.24, 2.45) is 5.92 Å². The van der Waals surface area contributed by atoms with Crippen molar-refractivity contribution in [2.45, 2.75) is 24.8 Å². The highest BCUT2D eigenvalue weighted by Gasteiger charge is 2.32. The molecule has 0 unspecified atom stereocenters. The first-order valence-corrected chi connectivity index (χ1v) is 7.66. The van der Waals surface area contributed by atoms with Gasteiger partial charge < -0.3 is 5.32 Å². The van der Waals surface area contributed by atoms with E-state index >= 15 is 0 Å². The van der Waals surface area contributed by atoms with Crippen LogP contribution < -0.4 is 5.32 Å². The molecule has 1 heterocycles. The third-order valence-electron chi connectivity index (χ3n) is 3.39. The molecule has 106 valence electrons. The first-order chi connectivity index (χ1) is 9.07. The summed E-state index contributed by atoms with van der Waals surface area (Å²) in [6.45, 7) is 2.06. The lowest BCUT2D eigenvalue weighted by Gasteiger charge is -2.22. The highest BCUT2D eigenvalue weighted by Crippen LogP contribution is 2.33. The number of nitrogens with one attached hydrogen (secondary N) is 1. The molecule has 0 radical (unpaired) electrons. The molecule has 0 amide bonds. The van der Waals surface area contributed by atoms with Crippen LogP contribution in [0.15, 0.2) is 24.3 Å². The molecule has 1 aliphatic rings. The van der Waals surface area contributed by atoms with Gasteiger partial charge in [-0.1, -0.05) is 18.2 Å². The van der Waals surface area contributed by atoms with Crippen LogP contribution >= 0.6 is 11.8 Å². The Kier molecular flexibility index (Phi) is 5.16. The molecule has 2 rings (SSSR count). The lowest BCUT2D eigenvalue weighted by Crippen LogP contribution is -2.28. The average molecular weight is 289 g/mol. The minimum Gasteiger partial charge on any atom is -0.317 e.